The van der Waals surface area contributed by atoms with E-state index in [1.54, 1.807) is 24.3 Å². The van der Waals surface area contributed by atoms with Crippen LogP contribution in [0.25, 0.3) is 6.08 Å². The summed E-state index contributed by atoms with van der Waals surface area (Å²) in [6, 6.07) is 12.1. The van der Waals surface area contributed by atoms with Gasteiger partial charge in [0.2, 0.25) is 0 Å². The first-order valence-corrected chi connectivity index (χ1v) is 6.44. The highest BCUT2D eigenvalue weighted by molar-refractivity contribution is 6.06. The molecule has 2 rings (SSSR count). The number of hydrogen-bond acceptors (Lipinski definition) is 3. The summed E-state index contributed by atoms with van der Waals surface area (Å²) < 4.78 is 0. The second-order valence-electron chi connectivity index (χ2n) is 4.42. The SMILES string of the molecule is CCc1c(C=CC(=O)c2ccccc2)ccc(O)c1O. The van der Waals surface area contributed by atoms with Crippen LogP contribution in [0.2, 0.25) is 0 Å². The van der Waals surface area contributed by atoms with E-state index < -0.39 is 0 Å². The van der Waals surface area contributed by atoms with Crippen molar-refractivity contribution in [2.45, 2.75) is 13.3 Å². The average molecular weight is 268 g/mol. The summed E-state index contributed by atoms with van der Waals surface area (Å²) in [6.07, 6.45) is 3.70. The molecule has 0 heterocycles. The molecule has 0 aliphatic carbocycles. The lowest BCUT2D eigenvalue weighted by Gasteiger charge is -2.07. The Bertz CT molecular complexity index is 643. The predicted molar refractivity (Wildman–Crippen MR) is 79.0 cm³/mol. The molecule has 0 radical (unpaired) electrons. The zero-order chi connectivity index (χ0) is 14.5. The Kier molecular flexibility index (Phi) is 4.20. The summed E-state index contributed by atoms with van der Waals surface area (Å²) in [5, 5.41) is 19.3. The van der Waals surface area contributed by atoms with Gasteiger partial charge < -0.3 is 10.2 Å². The van der Waals surface area contributed by atoms with Gasteiger partial charge in [0.05, 0.1) is 0 Å². The van der Waals surface area contributed by atoms with Crippen LogP contribution >= 0.6 is 0 Å². The molecule has 0 aliphatic rings. The van der Waals surface area contributed by atoms with E-state index in [2.05, 4.69) is 0 Å². The minimum Gasteiger partial charge on any atom is -0.504 e. The Morgan fingerprint density at radius 1 is 1.10 bits per heavy atom. The first-order chi connectivity index (χ1) is 9.63. The number of phenols is 2. The number of rotatable bonds is 4. The molecule has 0 aromatic heterocycles. The monoisotopic (exact) mass is 268 g/mol. The van der Waals surface area contributed by atoms with Gasteiger partial charge >= 0.3 is 0 Å². The second-order valence-corrected chi connectivity index (χ2v) is 4.42. The molecule has 3 nitrogen and oxygen atoms in total. The number of aromatic hydroxyl groups is 2. The molecule has 0 unspecified atom stereocenters. The Labute approximate surface area is 117 Å². The van der Waals surface area contributed by atoms with Gasteiger partial charge in [-0.2, -0.15) is 0 Å². The van der Waals surface area contributed by atoms with Crippen molar-refractivity contribution in [3.63, 3.8) is 0 Å². The molecular weight excluding hydrogens is 252 g/mol. The van der Waals surface area contributed by atoms with E-state index in [1.807, 2.05) is 25.1 Å². The Hall–Kier alpha value is -2.55. The van der Waals surface area contributed by atoms with Crippen LogP contribution in [0.1, 0.15) is 28.4 Å². The molecule has 0 amide bonds. The molecule has 0 atom stereocenters. The highest BCUT2D eigenvalue weighted by Gasteiger charge is 2.09. The third-order valence-corrected chi connectivity index (χ3v) is 3.12. The molecule has 0 saturated heterocycles. The van der Waals surface area contributed by atoms with Crippen molar-refractivity contribution in [2.24, 2.45) is 0 Å². The van der Waals surface area contributed by atoms with Crippen molar-refractivity contribution in [1.82, 2.24) is 0 Å². The number of carbonyl (C=O) groups excluding carboxylic acids is 1. The number of allylic oxidation sites excluding steroid dienone is 1. The van der Waals surface area contributed by atoms with Crippen LogP contribution in [-0.2, 0) is 6.42 Å². The van der Waals surface area contributed by atoms with E-state index in [9.17, 15) is 15.0 Å². The topological polar surface area (TPSA) is 57.5 Å². The standard InChI is InChI=1S/C17H16O3/c1-2-14-12(9-11-16(19)17(14)20)8-10-15(18)13-6-4-3-5-7-13/h3-11,19-20H,2H2,1H3. The molecule has 0 saturated carbocycles. The molecule has 0 bridgehead atoms. The minimum atomic E-state index is -0.145. The minimum absolute atomic E-state index is 0.0970. The number of hydrogen-bond donors (Lipinski definition) is 2. The molecule has 2 aromatic rings. The zero-order valence-electron chi connectivity index (χ0n) is 11.2. The van der Waals surface area contributed by atoms with Crippen LogP contribution < -0.4 is 0 Å². The first kappa shape index (κ1) is 13.9. The van der Waals surface area contributed by atoms with E-state index >= 15 is 0 Å². The largest absolute Gasteiger partial charge is 0.504 e. The maximum Gasteiger partial charge on any atom is 0.185 e. The summed E-state index contributed by atoms with van der Waals surface area (Å²) in [5.74, 6) is -0.365. The van der Waals surface area contributed by atoms with E-state index in [-0.39, 0.29) is 17.3 Å². The van der Waals surface area contributed by atoms with Crippen molar-refractivity contribution in [1.29, 1.82) is 0 Å². The molecule has 2 aromatic carbocycles. The van der Waals surface area contributed by atoms with E-state index in [4.69, 9.17) is 0 Å². The van der Waals surface area contributed by atoms with Crippen LogP contribution in [0, 0.1) is 0 Å². The molecule has 20 heavy (non-hydrogen) atoms. The zero-order valence-corrected chi connectivity index (χ0v) is 11.2. The van der Waals surface area contributed by atoms with E-state index in [0.29, 0.717) is 17.5 Å². The number of benzene rings is 2. The average Bonchev–Trinajstić information content (AvgIpc) is 2.49. The summed E-state index contributed by atoms with van der Waals surface area (Å²) in [6.45, 7) is 1.88. The Morgan fingerprint density at radius 3 is 2.45 bits per heavy atom. The van der Waals surface area contributed by atoms with Gasteiger partial charge in [0, 0.05) is 11.1 Å². The van der Waals surface area contributed by atoms with E-state index in [0.717, 1.165) is 5.56 Å². The smallest absolute Gasteiger partial charge is 0.185 e. The van der Waals surface area contributed by atoms with Gasteiger partial charge in [-0.15, -0.1) is 0 Å². The van der Waals surface area contributed by atoms with Crippen molar-refractivity contribution in [2.75, 3.05) is 0 Å². The first-order valence-electron chi connectivity index (χ1n) is 6.44. The van der Waals surface area contributed by atoms with Gasteiger partial charge in [0.25, 0.3) is 0 Å². The van der Waals surface area contributed by atoms with E-state index in [1.165, 1.54) is 12.1 Å². The summed E-state index contributed by atoms with van der Waals surface area (Å²) in [7, 11) is 0. The van der Waals surface area contributed by atoms with Crippen LogP contribution in [0.3, 0.4) is 0 Å². The molecule has 102 valence electrons. The van der Waals surface area contributed by atoms with Gasteiger partial charge in [-0.25, -0.2) is 0 Å². The molecule has 0 fully saturated rings. The number of phenolic OH excluding ortho intramolecular Hbond substituents is 2. The molecule has 3 heteroatoms. The second kappa shape index (κ2) is 6.06. The molecule has 0 aliphatic heterocycles. The van der Waals surface area contributed by atoms with Crippen molar-refractivity contribution in [3.05, 3.63) is 65.2 Å². The predicted octanol–water partition coefficient (Wildman–Crippen LogP) is 3.56. The lowest BCUT2D eigenvalue weighted by molar-refractivity contribution is 0.104. The molecule has 2 N–H and O–H groups in total. The summed E-state index contributed by atoms with van der Waals surface area (Å²) in [5.41, 5.74) is 1.97. The Balaban J connectivity index is 2.28. The van der Waals surface area contributed by atoms with Gasteiger partial charge in [0.15, 0.2) is 17.3 Å². The molecule has 0 spiro atoms. The molecular formula is C17H16O3. The van der Waals surface area contributed by atoms with Gasteiger partial charge in [-0.3, -0.25) is 4.79 Å². The third kappa shape index (κ3) is 2.88. The summed E-state index contributed by atoms with van der Waals surface area (Å²) in [4.78, 5) is 12.0. The summed E-state index contributed by atoms with van der Waals surface area (Å²) >= 11 is 0. The lowest BCUT2D eigenvalue weighted by Crippen LogP contribution is -1.94. The van der Waals surface area contributed by atoms with Gasteiger partial charge in [-0.05, 0) is 24.1 Å². The quantitative estimate of drug-likeness (QED) is 0.506. The highest BCUT2D eigenvalue weighted by Crippen LogP contribution is 2.32. The maximum atomic E-state index is 12.0. The number of ketones is 1. The van der Waals surface area contributed by atoms with Crippen LogP contribution in [-0.4, -0.2) is 16.0 Å². The van der Waals surface area contributed by atoms with Crippen molar-refractivity contribution >= 4 is 11.9 Å². The fourth-order valence-corrected chi connectivity index (χ4v) is 2.03. The normalized spacial score (nSPS) is 10.8. The van der Waals surface area contributed by atoms with Crippen LogP contribution in [0.5, 0.6) is 11.5 Å². The van der Waals surface area contributed by atoms with Crippen molar-refractivity contribution in [3.8, 4) is 11.5 Å². The Morgan fingerprint density at radius 2 is 1.80 bits per heavy atom. The third-order valence-electron chi connectivity index (χ3n) is 3.12. The number of carbonyl (C=O) groups is 1. The van der Waals surface area contributed by atoms with Gasteiger partial charge in [0.1, 0.15) is 0 Å². The van der Waals surface area contributed by atoms with Crippen LogP contribution in [0.15, 0.2) is 48.5 Å². The van der Waals surface area contributed by atoms with Crippen LogP contribution in [0.4, 0.5) is 0 Å². The maximum absolute atomic E-state index is 12.0. The lowest BCUT2D eigenvalue weighted by atomic mass is 10.0. The fourth-order valence-electron chi connectivity index (χ4n) is 2.03. The van der Waals surface area contributed by atoms with Gasteiger partial charge in [-0.1, -0.05) is 49.4 Å². The fraction of sp³-hybridized carbons (Fsp3) is 0.118. The van der Waals surface area contributed by atoms with Crippen molar-refractivity contribution < 1.29 is 15.0 Å². The highest BCUT2D eigenvalue weighted by atomic mass is 16.3.